The van der Waals surface area contributed by atoms with Gasteiger partial charge in [0.1, 0.15) is 5.82 Å². The van der Waals surface area contributed by atoms with E-state index in [0.29, 0.717) is 12.4 Å². The van der Waals surface area contributed by atoms with Crippen LogP contribution in [0.15, 0.2) is 18.3 Å². The molecule has 2 N–H and O–H groups in total. The van der Waals surface area contributed by atoms with E-state index in [1.165, 1.54) is 7.05 Å². The lowest BCUT2D eigenvalue weighted by Crippen LogP contribution is -2.26. The zero-order valence-electron chi connectivity index (χ0n) is 11.3. The Balaban J connectivity index is 2.55. The summed E-state index contributed by atoms with van der Waals surface area (Å²) >= 11 is 0. The highest BCUT2D eigenvalue weighted by atomic mass is 32.2. The van der Waals surface area contributed by atoms with E-state index in [-0.39, 0.29) is 11.2 Å². The molecular weight excluding hydrogens is 250 g/mol. The second-order valence-electron chi connectivity index (χ2n) is 5.13. The molecule has 0 spiro atoms. The number of hydrogen-bond acceptors (Lipinski definition) is 4. The van der Waals surface area contributed by atoms with E-state index in [2.05, 4.69) is 35.8 Å². The quantitative estimate of drug-likeness (QED) is 0.848. The summed E-state index contributed by atoms with van der Waals surface area (Å²) in [6.07, 6.45) is 1.81. The van der Waals surface area contributed by atoms with E-state index in [9.17, 15) is 8.42 Å². The Labute approximate surface area is 109 Å². The van der Waals surface area contributed by atoms with Crippen LogP contribution in [0.4, 0.5) is 5.82 Å². The summed E-state index contributed by atoms with van der Waals surface area (Å²) in [5.41, 5.74) is 1.22. The SMILES string of the molecule is CNS(=O)(=O)CCNc1ccc(C(C)(C)C)cn1. The van der Waals surface area contributed by atoms with Crippen LogP contribution in [0.1, 0.15) is 26.3 Å². The molecule has 0 fully saturated rings. The summed E-state index contributed by atoms with van der Waals surface area (Å²) in [5, 5.41) is 2.98. The van der Waals surface area contributed by atoms with E-state index in [4.69, 9.17) is 0 Å². The molecule has 0 saturated heterocycles. The molecule has 18 heavy (non-hydrogen) atoms. The van der Waals surface area contributed by atoms with Crippen molar-refractivity contribution in [2.24, 2.45) is 0 Å². The van der Waals surface area contributed by atoms with Crippen molar-refractivity contribution in [1.82, 2.24) is 9.71 Å². The minimum Gasteiger partial charge on any atom is -0.369 e. The number of nitrogens with zero attached hydrogens (tertiary/aromatic N) is 1. The fourth-order valence-corrected chi connectivity index (χ4v) is 1.93. The third kappa shape index (κ3) is 4.62. The third-order valence-corrected chi connectivity index (χ3v) is 3.98. The van der Waals surface area contributed by atoms with Gasteiger partial charge in [0.15, 0.2) is 0 Å². The first kappa shape index (κ1) is 14.9. The first-order valence-electron chi connectivity index (χ1n) is 5.86. The number of aromatic nitrogens is 1. The Morgan fingerprint density at radius 2 is 1.94 bits per heavy atom. The second kappa shape index (κ2) is 5.67. The van der Waals surface area contributed by atoms with Crippen molar-refractivity contribution in [3.8, 4) is 0 Å². The van der Waals surface area contributed by atoms with Gasteiger partial charge in [-0.15, -0.1) is 0 Å². The monoisotopic (exact) mass is 271 g/mol. The number of anilines is 1. The van der Waals surface area contributed by atoms with Crippen LogP contribution in [0.25, 0.3) is 0 Å². The number of rotatable bonds is 5. The molecule has 0 aliphatic heterocycles. The normalized spacial score (nSPS) is 12.4. The second-order valence-corrected chi connectivity index (χ2v) is 7.18. The van der Waals surface area contributed by atoms with Gasteiger partial charge in [0.25, 0.3) is 0 Å². The Hall–Kier alpha value is -1.14. The molecule has 0 bridgehead atoms. The molecule has 6 heteroatoms. The maximum Gasteiger partial charge on any atom is 0.213 e. The maximum absolute atomic E-state index is 11.2. The lowest BCUT2D eigenvalue weighted by atomic mass is 9.88. The summed E-state index contributed by atoms with van der Waals surface area (Å²) in [6.45, 7) is 6.70. The van der Waals surface area contributed by atoms with Crippen molar-refractivity contribution >= 4 is 15.8 Å². The number of pyridine rings is 1. The summed E-state index contributed by atoms with van der Waals surface area (Å²) in [7, 11) is -1.75. The van der Waals surface area contributed by atoms with Crippen LogP contribution in [-0.4, -0.2) is 32.7 Å². The van der Waals surface area contributed by atoms with Crippen LogP contribution in [0, 0.1) is 0 Å². The lowest BCUT2D eigenvalue weighted by Gasteiger charge is -2.18. The summed E-state index contributed by atoms with van der Waals surface area (Å²) in [5.74, 6) is 0.723. The highest BCUT2D eigenvalue weighted by molar-refractivity contribution is 7.89. The third-order valence-electron chi connectivity index (χ3n) is 2.62. The van der Waals surface area contributed by atoms with Gasteiger partial charge in [0.05, 0.1) is 5.75 Å². The molecule has 0 amide bonds. The Morgan fingerprint density at radius 1 is 1.28 bits per heavy atom. The maximum atomic E-state index is 11.2. The van der Waals surface area contributed by atoms with Gasteiger partial charge >= 0.3 is 0 Å². The fourth-order valence-electron chi connectivity index (χ4n) is 1.36. The van der Waals surface area contributed by atoms with Crippen LogP contribution in [0.3, 0.4) is 0 Å². The van der Waals surface area contributed by atoms with E-state index in [0.717, 1.165) is 5.56 Å². The molecule has 1 aromatic heterocycles. The predicted octanol–water partition coefficient (Wildman–Crippen LogP) is 1.34. The molecular formula is C12H21N3O2S. The number of sulfonamides is 1. The van der Waals surface area contributed by atoms with Gasteiger partial charge in [-0.3, -0.25) is 0 Å². The van der Waals surface area contributed by atoms with Crippen molar-refractivity contribution < 1.29 is 8.42 Å². The number of nitrogens with one attached hydrogen (secondary N) is 2. The standard InChI is InChI=1S/C12H21N3O2S/c1-12(2,3)10-5-6-11(15-9-10)14-7-8-18(16,17)13-4/h5-6,9,13H,7-8H2,1-4H3,(H,14,15). The van der Waals surface area contributed by atoms with Crippen LogP contribution in [-0.2, 0) is 15.4 Å². The smallest absolute Gasteiger partial charge is 0.213 e. The molecule has 5 nitrogen and oxygen atoms in total. The first-order chi connectivity index (χ1) is 8.24. The van der Waals surface area contributed by atoms with Crippen molar-refractivity contribution in [1.29, 1.82) is 0 Å². The van der Waals surface area contributed by atoms with Crippen molar-refractivity contribution in [2.75, 3.05) is 24.7 Å². The number of hydrogen-bond donors (Lipinski definition) is 2. The minimum atomic E-state index is -3.16. The van der Waals surface area contributed by atoms with Gasteiger partial charge < -0.3 is 5.32 Å². The zero-order valence-corrected chi connectivity index (χ0v) is 12.1. The molecule has 0 aliphatic rings. The van der Waals surface area contributed by atoms with Crippen LogP contribution < -0.4 is 10.0 Å². The van der Waals surface area contributed by atoms with Crippen LogP contribution >= 0.6 is 0 Å². The molecule has 1 heterocycles. The van der Waals surface area contributed by atoms with Gasteiger partial charge in [-0.1, -0.05) is 26.8 Å². The van der Waals surface area contributed by atoms with E-state index < -0.39 is 10.0 Å². The van der Waals surface area contributed by atoms with Gasteiger partial charge in [-0.25, -0.2) is 18.1 Å². The van der Waals surface area contributed by atoms with Gasteiger partial charge in [-0.2, -0.15) is 0 Å². The molecule has 1 aromatic rings. The Bertz CT molecular complexity index is 475. The molecule has 0 aliphatic carbocycles. The highest BCUT2D eigenvalue weighted by Crippen LogP contribution is 2.21. The Kier molecular flexibility index (Phi) is 4.70. The first-order valence-corrected chi connectivity index (χ1v) is 7.51. The lowest BCUT2D eigenvalue weighted by molar-refractivity contribution is 0.587. The van der Waals surface area contributed by atoms with Gasteiger partial charge in [0, 0.05) is 12.7 Å². The average molecular weight is 271 g/mol. The van der Waals surface area contributed by atoms with Crippen molar-refractivity contribution in [3.05, 3.63) is 23.9 Å². The highest BCUT2D eigenvalue weighted by Gasteiger charge is 2.13. The van der Waals surface area contributed by atoms with E-state index >= 15 is 0 Å². The zero-order chi connectivity index (χ0) is 13.8. The summed E-state index contributed by atoms with van der Waals surface area (Å²) in [6, 6.07) is 3.87. The Morgan fingerprint density at radius 3 is 2.39 bits per heavy atom. The summed E-state index contributed by atoms with van der Waals surface area (Å²) in [4.78, 5) is 4.26. The van der Waals surface area contributed by atoms with E-state index in [1.807, 2.05) is 18.3 Å². The molecule has 0 radical (unpaired) electrons. The van der Waals surface area contributed by atoms with Gasteiger partial charge in [-0.05, 0) is 24.1 Å². The van der Waals surface area contributed by atoms with Crippen molar-refractivity contribution in [2.45, 2.75) is 26.2 Å². The molecule has 0 aromatic carbocycles. The van der Waals surface area contributed by atoms with E-state index in [1.54, 1.807) is 0 Å². The molecule has 0 atom stereocenters. The van der Waals surface area contributed by atoms with Gasteiger partial charge in [0.2, 0.25) is 10.0 Å². The van der Waals surface area contributed by atoms with Crippen LogP contribution in [0.2, 0.25) is 0 Å². The topological polar surface area (TPSA) is 71.1 Å². The molecule has 1 rings (SSSR count). The largest absolute Gasteiger partial charge is 0.369 e. The predicted molar refractivity (Wildman–Crippen MR) is 74.3 cm³/mol. The molecule has 0 saturated carbocycles. The summed E-state index contributed by atoms with van der Waals surface area (Å²) < 4.78 is 24.7. The average Bonchev–Trinajstić information content (AvgIpc) is 2.28. The fraction of sp³-hybridized carbons (Fsp3) is 0.583. The molecule has 0 unspecified atom stereocenters. The molecule has 102 valence electrons. The van der Waals surface area contributed by atoms with Crippen LogP contribution in [0.5, 0.6) is 0 Å². The minimum absolute atomic E-state index is 0.0339. The van der Waals surface area contributed by atoms with Crippen molar-refractivity contribution in [3.63, 3.8) is 0 Å².